The van der Waals surface area contributed by atoms with Gasteiger partial charge in [-0.05, 0) is 31.8 Å². The predicted octanol–water partition coefficient (Wildman–Crippen LogP) is 3.53. The molecule has 0 radical (unpaired) electrons. The molecular formula is C15H24O2. The summed E-state index contributed by atoms with van der Waals surface area (Å²) in [5.41, 5.74) is -0.249. The van der Waals surface area contributed by atoms with Crippen molar-refractivity contribution >= 4 is 5.78 Å². The topological polar surface area (TPSA) is 26.3 Å². The average molecular weight is 236 g/mol. The number of hydrogen-bond acceptors (Lipinski definition) is 2. The summed E-state index contributed by atoms with van der Waals surface area (Å²) in [6.07, 6.45) is 7.40. The van der Waals surface area contributed by atoms with Crippen LogP contribution in [0.15, 0.2) is 24.8 Å². The maximum Gasteiger partial charge on any atom is 0.160 e. The second-order valence-corrected chi connectivity index (χ2v) is 5.51. The minimum Gasteiger partial charge on any atom is -0.367 e. The molecule has 1 aliphatic rings. The van der Waals surface area contributed by atoms with Gasteiger partial charge >= 0.3 is 0 Å². The van der Waals surface area contributed by atoms with Gasteiger partial charge in [0.2, 0.25) is 0 Å². The van der Waals surface area contributed by atoms with Gasteiger partial charge in [0.05, 0.1) is 11.7 Å². The highest BCUT2D eigenvalue weighted by atomic mass is 16.5. The van der Waals surface area contributed by atoms with Crippen LogP contribution in [-0.2, 0) is 9.53 Å². The molecule has 1 unspecified atom stereocenters. The van der Waals surface area contributed by atoms with Crippen LogP contribution in [0.4, 0.5) is 0 Å². The van der Waals surface area contributed by atoms with Gasteiger partial charge < -0.3 is 4.74 Å². The molecule has 96 valence electrons. The van der Waals surface area contributed by atoms with Gasteiger partial charge in [-0.1, -0.05) is 32.9 Å². The molecule has 0 aromatic rings. The average Bonchev–Trinajstić information content (AvgIpc) is 2.68. The molecule has 0 amide bonds. The molecule has 1 rings (SSSR count). The Morgan fingerprint density at radius 1 is 1.47 bits per heavy atom. The van der Waals surface area contributed by atoms with Gasteiger partial charge in [0.1, 0.15) is 0 Å². The van der Waals surface area contributed by atoms with E-state index in [-0.39, 0.29) is 23.4 Å². The first kappa shape index (κ1) is 14.2. The first-order valence-electron chi connectivity index (χ1n) is 6.41. The Balaban J connectivity index is 2.57. The second kappa shape index (κ2) is 5.63. The molecule has 1 heterocycles. The lowest BCUT2D eigenvalue weighted by Crippen LogP contribution is -2.28. The van der Waals surface area contributed by atoms with Gasteiger partial charge in [-0.25, -0.2) is 0 Å². The van der Waals surface area contributed by atoms with Crippen LogP contribution in [0.3, 0.4) is 0 Å². The molecule has 0 aromatic carbocycles. The molecule has 17 heavy (non-hydrogen) atoms. The zero-order chi connectivity index (χ0) is 13.1. The Morgan fingerprint density at radius 3 is 2.59 bits per heavy atom. The Hall–Kier alpha value is -0.890. The molecule has 3 atom stereocenters. The lowest BCUT2D eigenvalue weighted by Gasteiger charge is -2.23. The van der Waals surface area contributed by atoms with Crippen LogP contribution in [0, 0.1) is 11.8 Å². The molecule has 0 N–H and O–H groups in total. The lowest BCUT2D eigenvalue weighted by atomic mass is 9.95. The van der Waals surface area contributed by atoms with E-state index in [0.717, 1.165) is 12.8 Å². The van der Waals surface area contributed by atoms with E-state index < -0.39 is 0 Å². The molecule has 0 aromatic heterocycles. The van der Waals surface area contributed by atoms with Crippen molar-refractivity contribution in [1.82, 2.24) is 0 Å². The fourth-order valence-electron chi connectivity index (χ4n) is 2.02. The molecule has 1 fully saturated rings. The van der Waals surface area contributed by atoms with E-state index in [0.29, 0.717) is 5.92 Å². The van der Waals surface area contributed by atoms with Crippen molar-refractivity contribution < 1.29 is 9.53 Å². The van der Waals surface area contributed by atoms with Crippen LogP contribution < -0.4 is 0 Å². The number of ether oxygens (including phenoxy) is 1. The standard InChI is InChI=1S/C15H24O2/c1-6-15(5)10-9-14(17-15)12(4)13(16)8-7-11(2)3/h6-8,11-12,14H,1,9-10H2,2-5H3/b8-7+/t12?,14-,15-/m0/s1. The molecule has 2 heteroatoms. The first-order chi connectivity index (χ1) is 7.88. The van der Waals surface area contributed by atoms with Crippen molar-refractivity contribution in [3.8, 4) is 0 Å². The number of allylic oxidation sites excluding steroid dienone is 2. The third-order valence-corrected chi connectivity index (χ3v) is 3.43. The molecular weight excluding hydrogens is 212 g/mol. The third kappa shape index (κ3) is 3.81. The molecule has 0 bridgehead atoms. The number of carbonyl (C=O) groups is 1. The van der Waals surface area contributed by atoms with Gasteiger partial charge in [-0.2, -0.15) is 0 Å². The van der Waals surface area contributed by atoms with E-state index >= 15 is 0 Å². The lowest BCUT2D eigenvalue weighted by molar-refractivity contribution is -0.123. The van der Waals surface area contributed by atoms with Crippen LogP contribution in [0.2, 0.25) is 0 Å². The minimum atomic E-state index is -0.249. The Bertz CT molecular complexity index is 317. The number of hydrogen-bond donors (Lipinski definition) is 0. The van der Waals surface area contributed by atoms with Crippen LogP contribution in [0.25, 0.3) is 0 Å². The minimum absolute atomic E-state index is 0.0299. The highest BCUT2D eigenvalue weighted by Gasteiger charge is 2.37. The maximum atomic E-state index is 11.9. The van der Waals surface area contributed by atoms with Crippen molar-refractivity contribution in [1.29, 1.82) is 0 Å². The molecule has 1 saturated heterocycles. The molecule has 2 nitrogen and oxygen atoms in total. The summed E-state index contributed by atoms with van der Waals surface area (Å²) in [6, 6.07) is 0. The summed E-state index contributed by atoms with van der Waals surface area (Å²) in [5, 5.41) is 0. The highest BCUT2D eigenvalue weighted by Crippen LogP contribution is 2.34. The van der Waals surface area contributed by atoms with Crippen molar-refractivity contribution in [2.75, 3.05) is 0 Å². The van der Waals surface area contributed by atoms with Gasteiger partial charge in [0.25, 0.3) is 0 Å². The summed E-state index contributed by atoms with van der Waals surface area (Å²) in [7, 11) is 0. The smallest absolute Gasteiger partial charge is 0.160 e. The fraction of sp³-hybridized carbons (Fsp3) is 0.667. The summed E-state index contributed by atoms with van der Waals surface area (Å²) < 4.78 is 5.92. The number of carbonyl (C=O) groups excluding carboxylic acids is 1. The normalized spacial score (nSPS) is 31.0. The summed E-state index contributed by atoms with van der Waals surface area (Å²) in [5.74, 6) is 0.512. The van der Waals surface area contributed by atoms with E-state index in [1.54, 1.807) is 6.08 Å². The van der Waals surface area contributed by atoms with Gasteiger partial charge in [-0.15, -0.1) is 6.58 Å². The molecule has 0 spiro atoms. The fourth-order valence-corrected chi connectivity index (χ4v) is 2.02. The van der Waals surface area contributed by atoms with E-state index in [2.05, 4.69) is 20.4 Å². The van der Waals surface area contributed by atoms with E-state index in [1.165, 1.54) is 0 Å². The summed E-state index contributed by atoms with van der Waals surface area (Å²) in [4.78, 5) is 11.9. The largest absolute Gasteiger partial charge is 0.367 e. The summed E-state index contributed by atoms with van der Waals surface area (Å²) >= 11 is 0. The quantitative estimate of drug-likeness (QED) is 0.539. The first-order valence-corrected chi connectivity index (χ1v) is 6.41. The maximum absolute atomic E-state index is 11.9. The second-order valence-electron chi connectivity index (χ2n) is 5.51. The molecule has 0 aliphatic carbocycles. The van der Waals surface area contributed by atoms with Crippen LogP contribution >= 0.6 is 0 Å². The van der Waals surface area contributed by atoms with Crippen LogP contribution in [-0.4, -0.2) is 17.5 Å². The monoisotopic (exact) mass is 236 g/mol. The SMILES string of the molecule is C=C[C@@]1(C)CC[C@@H](C(C)C(=O)/C=C/C(C)C)O1. The van der Waals surface area contributed by atoms with E-state index in [4.69, 9.17) is 4.74 Å². The van der Waals surface area contributed by atoms with E-state index in [1.807, 2.05) is 26.0 Å². The van der Waals surface area contributed by atoms with Gasteiger partial charge in [0.15, 0.2) is 5.78 Å². The zero-order valence-corrected chi connectivity index (χ0v) is 11.4. The number of ketones is 1. The highest BCUT2D eigenvalue weighted by molar-refractivity contribution is 5.91. The third-order valence-electron chi connectivity index (χ3n) is 3.43. The summed E-state index contributed by atoms with van der Waals surface area (Å²) in [6.45, 7) is 11.9. The Kier molecular flexibility index (Phi) is 4.70. The Labute approximate surface area is 105 Å². The van der Waals surface area contributed by atoms with Crippen molar-refractivity contribution in [2.45, 2.75) is 52.2 Å². The predicted molar refractivity (Wildman–Crippen MR) is 70.9 cm³/mol. The molecule has 0 saturated carbocycles. The molecule has 1 aliphatic heterocycles. The van der Waals surface area contributed by atoms with E-state index in [9.17, 15) is 4.79 Å². The number of rotatable bonds is 5. The van der Waals surface area contributed by atoms with Crippen molar-refractivity contribution in [3.63, 3.8) is 0 Å². The van der Waals surface area contributed by atoms with Crippen molar-refractivity contribution in [2.24, 2.45) is 11.8 Å². The van der Waals surface area contributed by atoms with Gasteiger partial charge in [0, 0.05) is 5.92 Å². The van der Waals surface area contributed by atoms with Gasteiger partial charge in [-0.3, -0.25) is 4.79 Å². The van der Waals surface area contributed by atoms with Crippen molar-refractivity contribution in [3.05, 3.63) is 24.8 Å². The zero-order valence-electron chi connectivity index (χ0n) is 11.4. The van der Waals surface area contributed by atoms with Crippen LogP contribution in [0.5, 0.6) is 0 Å². The van der Waals surface area contributed by atoms with Crippen LogP contribution in [0.1, 0.15) is 40.5 Å². The Morgan fingerprint density at radius 2 is 2.12 bits per heavy atom.